The maximum absolute atomic E-state index is 13.0. The van der Waals surface area contributed by atoms with Gasteiger partial charge < -0.3 is 16.4 Å². The predicted octanol–water partition coefficient (Wildman–Crippen LogP) is 2.05. The minimum absolute atomic E-state index is 0.0999. The summed E-state index contributed by atoms with van der Waals surface area (Å²) in [5, 5.41) is 0. The Balaban J connectivity index is 2.32. The first-order valence-electron chi connectivity index (χ1n) is 7.62. The van der Waals surface area contributed by atoms with Crippen molar-refractivity contribution in [2.75, 3.05) is 11.4 Å². The third-order valence-corrected chi connectivity index (χ3v) is 3.79. The number of nitrogens with zero attached hydrogens (tertiary/aromatic N) is 1. The molecule has 2 rings (SSSR count). The van der Waals surface area contributed by atoms with Crippen molar-refractivity contribution < 1.29 is 14.0 Å². The monoisotopic (exact) mass is 329 g/mol. The third kappa shape index (κ3) is 4.10. The molecule has 6 heteroatoms. The summed E-state index contributed by atoms with van der Waals surface area (Å²) >= 11 is 0. The lowest BCUT2D eigenvalue weighted by Gasteiger charge is -2.30. The standard InChI is InChI=1S/C18H20FN3O2/c1-2-16(18(21)24)22(11-17(20)23)15-9-5-13(6-10-15)12-3-7-14(19)8-4-12/h3-10,16H,2,11H2,1H3,(H2,20,23)(H2,21,24)/t16-/m1/s1. The number of anilines is 1. The second kappa shape index (κ2) is 7.59. The quantitative estimate of drug-likeness (QED) is 0.814. The average Bonchev–Trinajstić information content (AvgIpc) is 2.55. The molecular formula is C18H20FN3O2. The topological polar surface area (TPSA) is 89.4 Å². The van der Waals surface area contributed by atoms with E-state index in [2.05, 4.69) is 0 Å². The molecule has 2 aromatic carbocycles. The van der Waals surface area contributed by atoms with Gasteiger partial charge in [-0.3, -0.25) is 9.59 Å². The molecule has 0 aliphatic rings. The first-order valence-corrected chi connectivity index (χ1v) is 7.62. The Kier molecular flexibility index (Phi) is 5.52. The molecule has 2 aromatic rings. The van der Waals surface area contributed by atoms with Gasteiger partial charge in [-0.05, 0) is 41.8 Å². The zero-order chi connectivity index (χ0) is 17.7. The average molecular weight is 329 g/mol. The zero-order valence-electron chi connectivity index (χ0n) is 13.4. The van der Waals surface area contributed by atoms with E-state index < -0.39 is 17.9 Å². The Morgan fingerprint density at radius 2 is 1.50 bits per heavy atom. The first-order chi connectivity index (χ1) is 11.4. The van der Waals surface area contributed by atoms with E-state index in [1.165, 1.54) is 12.1 Å². The van der Waals surface area contributed by atoms with Gasteiger partial charge in [0.25, 0.3) is 0 Å². The fourth-order valence-electron chi connectivity index (χ4n) is 2.61. The molecule has 24 heavy (non-hydrogen) atoms. The Labute approximate surface area is 140 Å². The fourth-order valence-corrected chi connectivity index (χ4v) is 2.61. The van der Waals surface area contributed by atoms with Crippen LogP contribution in [-0.4, -0.2) is 24.4 Å². The van der Waals surface area contributed by atoms with E-state index in [4.69, 9.17) is 11.5 Å². The largest absolute Gasteiger partial charge is 0.368 e. The number of hydrogen-bond donors (Lipinski definition) is 2. The highest BCUT2D eigenvalue weighted by molar-refractivity contribution is 5.87. The maximum atomic E-state index is 13.0. The Morgan fingerprint density at radius 1 is 1.00 bits per heavy atom. The van der Waals surface area contributed by atoms with Gasteiger partial charge in [-0.1, -0.05) is 31.2 Å². The number of carbonyl (C=O) groups excluding carboxylic acids is 2. The normalized spacial score (nSPS) is 11.8. The van der Waals surface area contributed by atoms with Crippen molar-refractivity contribution in [1.82, 2.24) is 0 Å². The summed E-state index contributed by atoms with van der Waals surface area (Å²) < 4.78 is 13.0. The summed E-state index contributed by atoms with van der Waals surface area (Å²) in [5.74, 6) is -1.35. The number of hydrogen-bond acceptors (Lipinski definition) is 3. The Morgan fingerprint density at radius 3 is 1.92 bits per heavy atom. The van der Waals surface area contributed by atoms with E-state index in [9.17, 15) is 14.0 Å². The van der Waals surface area contributed by atoms with Gasteiger partial charge in [0.2, 0.25) is 11.8 Å². The lowest BCUT2D eigenvalue weighted by Crippen LogP contribution is -2.48. The van der Waals surface area contributed by atoms with Crippen molar-refractivity contribution in [3.8, 4) is 11.1 Å². The second-order valence-electron chi connectivity index (χ2n) is 5.47. The molecule has 0 unspecified atom stereocenters. The number of amides is 2. The minimum Gasteiger partial charge on any atom is -0.368 e. The number of rotatable bonds is 7. The van der Waals surface area contributed by atoms with Crippen LogP contribution < -0.4 is 16.4 Å². The summed E-state index contributed by atoms with van der Waals surface area (Å²) in [6.07, 6.45) is 0.461. The van der Waals surface area contributed by atoms with Crippen molar-refractivity contribution in [3.63, 3.8) is 0 Å². The van der Waals surface area contributed by atoms with Crippen LogP contribution in [0, 0.1) is 5.82 Å². The van der Waals surface area contributed by atoms with Crippen molar-refractivity contribution in [1.29, 1.82) is 0 Å². The van der Waals surface area contributed by atoms with Crippen LogP contribution in [-0.2, 0) is 9.59 Å². The number of halogens is 1. The molecule has 0 spiro atoms. The Hall–Kier alpha value is -2.89. The molecule has 0 aliphatic carbocycles. The SMILES string of the molecule is CC[C@H](C(N)=O)N(CC(N)=O)c1ccc(-c2ccc(F)cc2)cc1. The van der Waals surface area contributed by atoms with E-state index in [0.717, 1.165) is 11.1 Å². The molecule has 0 heterocycles. The van der Waals surface area contributed by atoms with Crippen molar-refractivity contribution in [3.05, 3.63) is 54.3 Å². The van der Waals surface area contributed by atoms with Crippen LogP contribution in [0.3, 0.4) is 0 Å². The number of benzene rings is 2. The van der Waals surface area contributed by atoms with Gasteiger partial charge in [0, 0.05) is 5.69 Å². The van der Waals surface area contributed by atoms with Gasteiger partial charge >= 0.3 is 0 Å². The van der Waals surface area contributed by atoms with Crippen LogP contribution in [0.2, 0.25) is 0 Å². The van der Waals surface area contributed by atoms with E-state index in [-0.39, 0.29) is 12.4 Å². The molecule has 0 aliphatic heterocycles. The fraction of sp³-hybridized carbons (Fsp3) is 0.222. The maximum Gasteiger partial charge on any atom is 0.240 e. The lowest BCUT2D eigenvalue weighted by molar-refractivity contribution is -0.119. The van der Waals surface area contributed by atoms with Crippen LogP contribution in [0.5, 0.6) is 0 Å². The van der Waals surface area contributed by atoms with Gasteiger partial charge in [-0.15, -0.1) is 0 Å². The summed E-state index contributed by atoms with van der Waals surface area (Å²) in [6.45, 7) is 1.72. The minimum atomic E-state index is -0.617. The molecule has 0 aromatic heterocycles. The van der Waals surface area contributed by atoms with Gasteiger partial charge in [-0.25, -0.2) is 4.39 Å². The van der Waals surface area contributed by atoms with Gasteiger partial charge in [0.15, 0.2) is 0 Å². The highest BCUT2D eigenvalue weighted by Gasteiger charge is 2.23. The molecule has 0 saturated heterocycles. The molecule has 5 nitrogen and oxygen atoms in total. The summed E-state index contributed by atoms with van der Waals surface area (Å²) in [5.41, 5.74) is 13.2. The molecule has 0 saturated carbocycles. The number of nitrogens with two attached hydrogens (primary N) is 2. The summed E-state index contributed by atoms with van der Waals surface area (Å²) in [4.78, 5) is 24.6. The van der Waals surface area contributed by atoms with E-state index in [1.807, 2.05) is 19.1 Å². The van der Waals surface area contributed by atoms with Gasteiger partial charge in [0.05, 0.1) is 6.54 Å². The molecule has 2 amide bonds. The van der Waals surface area contributed by atoms with Crippen LogP contribution in [0.15, 0.2) is 48.5 Å². The molecule has 0 fully saturated rings. The van der Waals surface area contributed by atoms with Crippen molar-refractivity contribution >= 4 is 17.5 Å². The highest BCUT2D eigenvalue weighted by atomic mass is 19.1. The lowest BCUT2D eigenvalue weighted by atomic mass is 10.0. The van der Waals surface area contributed by atoms with Crippen LogP contribution in [0.4, 0.5) is 10.1 Å². The summed E-state index contributed by atoms with van der Waals surface area (Å²) in [7, 11) is 0. The molecule has 0 radical (unpaired) electrons. The van der Waals surface area contributed by atoms with E-state index >= 15 is 0 Å². The van der Waals surface area contributed by atoms with Crippen LogP contribution in [0.25, 0.3) is 11.1 Å². The van der Waals surface area contributed by atoms with E-state index in [0.29, 0.717) is 12.1 Å². The molecule has 126 valence electrons. The molecule has 0 bridgehead atoms. The van der Waals surface area contributed by atoms with Gasteiger partial charge in [-0.2, -0.15) is 0 Å². The van der Waals surface area contributed by atoms with Crippen LogP contribution in [0.1, 0.15) is 13.3 Å². The second-order valence-corrected chi connectivity index (χ2v) is 5.47. The molecule has 4 N–H and O–H groups in total. The van der Waals surface area contributed by atoms with Crippen molar-refractivity contribution in [2.45, 2.75) is 19.4 Å². The highest BCUT2D eigenvalue weighted by Crippen LogP contribution is 2.25. The molecule has 1 atom stereocenters. The zero-order valence-corrected chi connectivity index (χ0v) is 13.4. The smallest absolute Gasteiger partial charge is 0.240 e. The number of carbonyl (C=O) groups is 2. The summed E-state index contributed by atoms with van der Waals surface area (Å²) in [6, 6.07) is 12.8. The third-order valence-electron chi connectivity index (χ3n) is 3.79. The first kappa shape index (κ1) is 17.5. The molecular weight excluding hydrogens is 309 g/mol. The van der Waals surface area contributed by atoms with Gasteiger partial charge in [0.1, 0.15) is 11.9 Å². The van der Waals surface area contributed by atoms with E-state index in [1.54, 1.807) is 29.2 Å². The van der Waals surface area contributed by atoms with Crippen molar-refractivity contribution in [2.24, 2.45) is 11.5 Å². The number of primary amides is 2. The van der Waals surface area contributed by atoms with Crippen LogP contribution >= 0.6 is 0 Å². The predicted molar refractivity (Wildman–Crippen MR) is 91.6 cm³/mol. The Bertz CT molecular complexity index is 714.